The Morgan fingerprint density at radius 1 is 1.24 bits per heavy atom. The van der Waals surface area contributed by atoms with E-state index in [4.69, 9.17) is 16.1 Å². The van der Waals surface area contributed by atoms with Gasteiger partial charge in [-0.15, -0.1) is 11.6 Å². The molecular formula is C13H15ClN2O. The Morgan fingerprint density at radius 3 is 2.65 bits per heavy atom. The third kappa shape index (κ3) is 3.07. The van der Waals surface area contributed by atoms with Gasteiger partial charge in [0, 0.05) is 17.9 Å². The maximum Gasteiger partial charge on any atom is 0.227 e. The van der Waals surface area contributed by atoms with Gasteiger partial charge in [0.25, 0.3) is 0 Å². The summed E-state index contributed by atoms with van der Waals surface area (Å²) in [5, 5.41) is 3.97. The quantitative estimate of drug-likeness (QED) is 0.763. The van der Waals surface area contributed by atoms with Crippen molar-refractivity contribution in [1.82, 2.24) is 10.1 Å². The van der Waals surface area contributed by atoms with Crippen molar-refractivity contribution in [1.29, 1.82) is 0 Å². The highest BCUT2D eigenvalue weighted by atomic mass is 35.5. The Balaban J connectivity index is 2.12. The van der Waals surface area contributed by atoms with Gasteiger partial charge in [-0.2, -0.15) is 4.98 Å². The topological polar surface area (TPSA) is 38.9 Å². The number of hydrogen-bond acceptors (Lipinski definition) is 3. The first kappa shape index (κ1) is 12.1. The summed E-state index contributed by atoms with van der Waals surface area (Å²) in [5.74, 6) is 1.92. The van der Waals surface area contributed by atoms with Gasteiger partial charge in [-0.25, -0.2) is 0 Å². The smallest absolute Gasteiger partial charge is 0.227 e. The van der Waals surface area contributed by atoms with E-state index < -0.39 is 0 Å². The summed E-state index contributed by atoms with van der Waals surface area (Å²) in [7, 11) is 0. The van der Waals surface area contributed by atoms with Crippen molar-refractivity contribution in [3.63, 3.8) is 0 Å². The minimum atomic E-state index is 0.614. The van der Waals surface area contributed by atoms with E-state index in [0.29, 0.717) is 17.6 Å². The second kappa shape index (κ2) is 5.82. The molecule has 90 valence electrons. The van der Waals surface area contributed by atoms with Crippen molar-refractivity contribution in [2.45, 2.75) is 26.2 Å². The van der Waals surface area contributed by atoms with Crippen LogP contribution in [-0.2, 0) is 12.8 Å². The van der Waals surface area contributed by atoms with Crippen molar-refractivity contribution in [2.24, 2.45) is 0 Å². The second-order valence-corrected chi connectivity index (χ2v) is 4.23. The molecule has 0 N–H and O–H groups in total. The summed E-state index contributed by atoms with van der Waals surface area (Å²) in [6.45, 7) is 2.13. The fourth-order valence-electron chi connectivity index (χ4n) is 1.58. The maximum absolute atomic E-state index is 5.62. The van der Waals surface area contributed by atoms with Crippen LogP contribution in [0.5, 0.6) is 0 Å². The summed E-state index contributed by atoms with van der Waals surface area (Å²) in [5.41, 5.74) is 2.29. The maximum atomic E-state index is 5.62. The molecule has 17 heavy (non-hydrogen) atoms. The Kier molecular flexibility index (Phi) is 4.15. The van der Waals surface area contributed by atoms with Crippen LogP contribution < -0.4 is 0 Å². The first-order valence-corrected chi connectivity index (χ1v) is 6.34. The van der Waals surface area contributed by atoms with E-state index in [1.54, 1.807) is 0 Å². The van der Waals surface area contributed by atoms with Crippen LogP contribution in [-0.4, -0.2) is 16.0 Å². The molecule has 0 fully saturated rings. The minimum absolute atomic E-state index is 0.614. The molecule has 0 unspecified atom stereocenters. The Hall–Kier alpha value is -1.35. The van der Waals surface area contributed by atoms with Crippen molar-refractivity contribution >= 4 is 11.6 Å². The molecule has 1 aromatic carbocycles. The number of aromatic nitrogens is 2. The van der Waals surface area contributed by atoms with Gasteiger partial charge >= 0.3 is 0 Å². The molecule has 0 amide bonds. The van der Waals surface area contributed by atoms with Crippen LogP contribution in [0.3, 0.4) is 0 Å². The molecule has 0 bridgehead atoms. The van der Waals surface area contributed by atoms with Crippen LogP contribution in [0.2, 0.25) is 0 Å². The molecule has 2 rings (SSSR count). The van der Waals surface area contributed by atoms with Gasteiger partial charge in [0.15, 0.2) is 0 Å². The second-order valence-electron chi connectivity index (χ2n) is 3.85. The van der Waals surface area contributed by atoms with Crippen LogP contribution in [0.1, 0.15) is 24.8 Å². The highest BCUT2D eigenvalue weighted by Crippen LogP contribution is 2.17. The van der Waals surface area contributed by atoms with E-state index >= 15 is 0 Å². The normalized spacial score (nSPS) is 10.7. The van der Waals surface area contributed by atoms with Gasteiger partial charge in [0.05, 0.1) is 0 Å². The van der Waals surface area contributed by atoms with Gasteiger partial charge in [0.2, 0.25) is 11.7 Å². The van der Waals surface area contributed by atoms with E-state index in [2.05, 4.69) is 29.2 Å². The molecule has 0 aliphatic rings. The third-order valence-electron chi connectivity index (χ3n) is 2.61. The predicted molar refractivity (Wildman–Crippen MR) is 68.2 cm³/mol. The Morgan fingerprint density at radius 2 is 2.00 bits per heavy atom. The first-order valence-electron chi connectivity index (χ1n) is 5.81. The number of halogens is 1. The fourth-order valence-corrected chi connectivity index (χ4v) is 1.71. The average molecular weight is 251 g/mol. The molecule has 0 atom stereocenters. The zero-order valence-electron chi connectivity index (χ0n) is 9.82. The number of aryl methyl sites for hydroxylation is 2. The molecule has 0 aliphatic heterocycles. The van der Waals surface area contributed by atoms with Crippen molar-refractivity contribution in [3.8, 4) is 11.4 Å². The summed E-state index contributed by atoms with van der Waals surface area (Å²) in [6, 6.07) is 8.22. The van der Waals surface area contributed by atoms with Crippen LogP contribution in [0.4, 0.5) is 0 Å². The lowest BCUT2D eigenvalue weighted by atomic mass is 10.1. The average Bonchev–Trinajstić information content (AvgIpc) is 2.85. The molecule has 0 aliphatic carbocycles. The summed E-state index contributed by atoms with van der Waals surface area (Å²) >= 11 is 5.62. The van der Waals surface area contributed by atoms with Gasteiger partial charge < -0.3 is 4.52 Å². The molecule has 3 nitrogen and oxygen atoms in total. The van der Waals surface area contributed by atoms with Crippen LogP contribution in [0.15, 0.2) is 28.8 Å². The van der Waals surface area contributed by atoms with Crippen molar-refractivity contribution in [3.05, 3.63) is 35.7 Å². The first-order chi connectivity index (χ1) is 8.33. The molecule has 0 spiro atoms. The molecular weight excluding hydrogens is 236 g/mol. The lowest BCUT2D eigenvalue weighted by Crippen LogP contribution is -1.87. The SMILES string of the molecule is CCc1ccc(-c2noc(CCCCl)n2)cc1. The number of hydrogen-bond donors (Lipinski definition) is 0. The summed E-state index contributed by atoms with van der Waals surface area (Å²) < 4.78 is 5.16. The van der Waals surface area contributed by atoms with Gasteiger partial charge in [-0.3, -0.25) is 0 Å². The lowest BCUT2D eigenvalue weighted by molar-refractivity contribution is 0.378. The fraction of sp³-hybridized carbons (Fsp3) is 0.385. The molecule has 1 aromatic heterocycles. The van der Waals surface area contributed by atoms with Gasteiger partial charge in [-0.1, -0.05) is 36.3 Å². The molecule has 1 heterocycles. The van der Waals surface area contributed by atoms with E-state index in [1.165, 1.54) is 5.56 Å². The zero-order valence-corrected chi connectivity index (χ0v) is 10.6. The minimum Gasteiger partial charge on any atom is -0.339 e. The summed E-state index contributed by atoms with van der Waals surface area (Å²) in [6.07, 6.45) is 2.63. The highest BCUT2D eigenvalue weighted by Gasteiger charge is 2.07. The van der Waals surface area contributed by atoms with Crippen LogP contribution in [0.25, 0.3) is 11.4 Å². The number of alkyl halides is 1. The zero-order chi connectivity index (χ0) is 12.1. The molecule has 2 aromatic rings. The molecule has 0 saturated carbocycles. The molecule has 0 radical (unpaired) electrons. The van der Waals surface area contributed by atoms with Crippen molar-refractivity contribution < 1.29 is 4.52 Å². The standard InChI is InChI=1S/C13H15ClN2O/c1-2-10-5-7-11(8-6-10)13-15-12(17-16-13)4-3-9-14/h5-8H,2-4,9H2,1H3. The number of rotatable bonds is 5. The number of benzene rings is 1. The Bertz CT molecular complexity index is 465. The largest absolute Gasteiger partial charge is 0.339 e. The van der Waals surface area contributed by atoms with E-state index in [-0.39, 0.29) is 0 Å². The number of nitrogens with zero attached hydrogens (tertiary/aromatic N) is 2. The van der Waals surface area contributed by atoms with Crippen molar-refractivity contribution in [2.75, 3.05) is 5.88 Å². The monoisotopic (exact) mass is 250 g/mol. The van der Waals surface area contributed by atoms with Gasteiger partial charge in [-0.05, 0) is 18.4 Å². The van der Waals surface area contributed by atoms with Gasteiger partial charge in [0.1, 0.15) is 0 Å². The molecule has 0 saturated heterocycles. The Labute approximate surface area is 106 Å². The predicted octanol–water partition coefficient (Wildman–Crippen LogP) is 3.47. The van der Waals surface area contributed by atoms with E-state index in [1.807, 2.05) is 12.1 Å². The highest BCUT2D eigenvalue weighted by molar-refractivity contribution is 6.17. The van der Waals surface area contributed by atoms with Crippen LogP contribution >= 0.6 is 11.6 Å². The molecule has 4 heteroatoms. The lowest BCUT2D eigenvalue weighted by Gasteiger charge is -1.97. The summed E-state index contributed by atoms with van der Waals surface area (Å²) in [4.78, 5) is 4.34. The van der Waals surface area contributed by atoms with Crippen LogP contribution in [0, 0.1) is 0 Å². The van der Waals surface area contributed by atoms with E-state index in [9.17, 15) is 0 Å². The van der Waals surface area contributed by atoms with E-state index in [0.717, 1.165) is 24.8 Å². The third-order valence-corrected chi connectivity index (χ3v) is 2.88.